The number of benzene rings is 2. The molecule has 2 heterocycles. The van der Waals surface area contributed by atoms with Gasteiger partial charge in [-0.25, -0.2) is 4.39 Å². The highest BCUT2D eigenvalue weighted by Gasteiger charge is 2.36. The summed E-state index contributed by atoms with van der Waals surface area (Å²) in [5.41, 5.74) is 3.48. The number of fused-ring (bicyclic) bond motifs is 1. The minimum absolute atomic E-state index is 0.0805. The molecule has 2 saturated carbocycles. The molecule has 2 aromatic heterocycles. The van der Waals surface area contributed by atoms with Crippen molar-refractivity contribution in [1.29, 1.82) is 0 Å². The van der Waals surface area contributed by atoms with Gasteiger partial charge in [-0.05, 0) is 106 Å². The third-order valence-corrected chi connectivity index (χ3v) is 8.16. The molecule has 41 heavy (non-hydrogen) atoms. The molecule has 6 nitrogen and oxygen atoms in total. The maximum Gasteiger partial charge on any atom is 0.251 e. The van der Waals surface area contributed by atoms with Gasteiger partial charge in [0.2, 0.25) is 0 Å². The fourth-order valence-corrected chi connectivity index (χ4v) is 5.65. The highest BCUT2D eigenvalue weighted by atomic mass is 35.5. The highest BCUT2D eigenvalue weighted by molar-refractivity contribution is 6.34. The zero-order valence-corrected chi connectivity index (χ0v) is 24.1. The lowest BCUT2D eigenvalue weighted by Crippen LogP contribution is -2.30. The van der Waals surface area contributed by atoms with E-state index in [1.807, 2.05) is 31.3 Å². The molecule has 1 amide bonds. The molecule has 0 radical (unpaired) electrons. The lowest BCUT2D eigenvalue weighted by atomic mass is 9.91. The van der Waals surface area contributed by atoms with Gasteiger partial charge in [-0.2, -0.15) is 0 Å². The van der Waals surface area contributed by atoms with E-state index in [1.165, 1.54) is 12.1 Å². The number of hydrogen-bond acceptors (Lipinski definition) is 5. The van der Waals surface area contributed by atoms with Gasteiger partial charge in [-0.3, -0.25) is 14.8 Å². The molecule has 0 spiro atoms. The van der Waals surface area contributed by atoms with Crippen LogP contribution in [0.4, 0.5) is 4.39 Å². The Morgan fingerprint density at radius 3 is 2.54 bits per heavy atom. The van der Waals surface area contributed by atoms with E-state index in [2.05, 4.69) is 10.3 Å². The Morgan fingerprint density at radius 2 is 1.88 bits per heavy atom. The third-order valence-electron chi connectivity index (χ3n) is 7.77. The zero-order valence-electron chi connectivity index (χ0n) is 23.4. The number of ether oxygens (including phenoxy) is 1. The van der Waals surface area contributed by atoms with Crippen LogP contribution < -0.4 is 10.1 Å². The van der Waals surface area contributed by atoms with Crippen molar-refractivity contribution < 1.29 is 19.0 Å². The fourth-order valence-electron chi connectivity index (χ4n) is 5.21. The average Bonchev–Trinajstić information content (AvgIpc) is 3.85. The van der Waals surface area contributed by atoms with E-state index in [0.717, 1.165) is 47.8 Å². The molecule has 2 aliphatic rings. The molecule has 2 aliphatic carbocycles. The van der Waals surface area contributed by atoms with Gasteiger partial charge in [0.1, 0.15) is 17.1 Å². The number of aromatic nitrogens is 2. The standard InChI is InChI=1S/C33H33ClFN3O3/c1-18-12-21-13-22(14-28(30(21)36-16-18)41-24-10-11-24)32(39)37-17-25(19-4-5-19)27-15-26(33(2,3)40)29(34)31(38-27)20-6-8-23(35)9-7-20/h6-9,12-16,19,24-25,40H,4-5,10-11,17H2,1-3H3,(H,37,39). The van der Waals surface area contributed by atoms with E-state index in [1.54, 1.807) is 32.0 Å². The van der Waals surface area contributed by atoms with Crippen molar-refractivity contribution in [2.24, 2.45) is 5.92 Å². The first-order valence-corrected chi connectivity index (χ1v) is 14.5. The lowest BCUT2D eigenvalue weighted by molar-refractivity contribution is 0.0784. The van der Waals surface area contributed by atoms with Gasteiger partial charge in [0.15, 0.2) is 0 Å². The first-order valence-electron chi connectivity index (χ1n) is 14.1. The van der Waals surface area contributed by atoms with Crippen molar-refractivity contribution in [3.05, 3.63) is 88.0 Å². The second kappa shape index (κ2) is 10.7. The summed E-state index contributed by atoms with van der Waals surface area (Å²) >= 11 is 6.76. The molecule has 0 aliphatic heterocycles. The number of pyridine rings is 2. The fraction of sp³-hybridized carbons (Fsp3) is 0.364. The number of hydrogen-bond donors (Lipinski definition) is 2. The van der Waals surface area contributed by atoms with E-state index in [9.17, 15) is 14.3 Å². The Labute approximate surface area is 243 Å². The summed E-state index contributed by atoms with van der Waals surface area (Å²) in [5.74, 6) is 0.342. The van der Waals surface area contributed by atoms with Crippen molar-refractivity contribution in [3.8, 4) is 17.0 Å². The highest BCUT2D eigenvalue weighted by Crippen LogP contribution is 2.44. The summed E-state index contributed by atoms with van der Waals surface area (Å²) in [4.78, 5) is 23.0. The van der Waals surface area contributed by atoms with E-state index >= 15 is 0 Å². The quantitative estimate of drug-likeness (QED) is 0.223. The van der Waals surface area contributed by atoms with Crippen LogP contribution in [0, 0.1) is 18.7 Å². The topological polar surface area (TPSA) is 84.3 Å². The summed E-state index contributed by atoms with van der Waals surface area (Å²) in [6.07, 6.45) is 6.05. The summed E-state index contributed by atoms with van der Waals surface area (Å²) in [5, 5.41) is 15.3. The number of carbonyl (C=O) groups excluding carboxylic acids is 1. The van der Waals surface area contributed by atoms with Crippen LogP contribution in [-0.2, 0) is 5.60 Å². The molecule has 0 saturated heterocycles. The predicted molar refractivity (Wildman–Crippen MR) is 158 cm³/mol. The maximum atomic E-state index is 13.7. The predicted octanol–water partition coefficient (Wildman–Crippen LogP) is 7.09. The third kappa shape index (κ3) is 6.07. The number of rotatable bonds is 9. The minimum atomic E-state index is -1.23. The number of nitrogens with zero attached hydrogens (tertiary/aromatic N) is 2. The molecular weight excluding hydrogens is 541 g/mol. The Hall–Kier alpha value is -3.55. The summed E-state index contributed by atoms with van der Waals surface area (Å²) in [7, 11) is 0. The van der Waals surface area contributed by atoms with E-state index in [4.69, 9.17) is 21.3 Å². The Morgan fingerprint density at radius 1 is 1.15 bits per heavy atom. The van der Waals surface area contributed by atoms with Gasteiger partial charge >= 0.3 is 0 Å². The first-order chi connectivity index (χ1) is 19.6. The normalized spacial score (nSPS) is 16.0. The second-order valence-corrected chi connectivity index (χ2v) is 12.2. The lowest BCUT2D eigenvalue weighted by Gasteiger charge is -2.25. The molecule has 6 rings (SSSR count). The van der Waals surface area contributed by atoms with E-state index in [-0.39, 0.29) is 23.7 Å². The van der Waals surface area contributed by atoms with Crippen LogP contribution in [0.5, 0.6) is 5.75 Å². The van der Waals surface area contributed by atoms with Crippen LogP contribution in [0.2, 0.25) is 5.02 Å². The van der Waals surface area contributed by atoms with Crippen molar-refractivity contribution in [1.82, 2.24) is 15.3 Å². The van der Waals surface area contributed by atoms with Crippen molar-refractivity contribution in [3.63, 3.8) is 0 Å². The Balaban J connectivity index is 1.31. The molecule has 1 atom stereocenters. The number of nitrogens with one attached hydrogen (secondary N) is 1. The molecule has 4 aromatic rings. The molecule has 212 valence electrons. The van der Waals surface area contributed by atoms with Crippen LogP contribution in [0.25, 0.3) is 22.2 Å². The van der Waals surface area contributed by atoms with Crippen LogP contribution in [0.1, 0.15) is 72.6 Å². The number of halogens is 2. The zero-order chi connectivity index (χ0) is 28.9. The van der Waals surface area contributed by atoms with Crippen LogP contribution in [0.3, 0.4) is 0 Å². The monoisotopic (exact) mass is 573 g/mol. The number of carbonyl (C=O) groups is 1. The van der Waals surface area contributed by atoms with Crippen LogP contribution in [-0.4, -0.2) is 33.6 Å². The molecule has 1 unspecified atom stereocenters. The van der Waals surface area contributed by atoms with Gasteiger partial charge in [-0.1, -0.05) is 11.6 Å². The molecule has 2 aromatic carbocycles. The number of aliphatic hydroxyl groups is 1. The Bertz CT molecular complexity index is 1630. The van der Waals surface area contributed by atoms with Crippen molar-refractivity contribution in [2.45, 2.75) is 64.1 Å². The SMILES string of the molecule is Cc1cnc2c(OC3CC3)cc(C(=O)NCC(c3cc(C(C)(C)O)c(Cl)c(-c4ccc(F)cc4)n3)C3CC3)cc2c1. The van der Waals surface area contributed by atoms with E-state index < -0.39 is 5.60 Å². The average molecular weight is 574 g/mol. The molecule has 8 heteroatoms. The Kier molecular flexibility index (Phi) is 7.20. The molecule has 0 bridgehead atoms. The van der Waals surface area contributed by atoms with Crippen molar-refractivity contribution in [2.75, 3.05) is 6.54 Å². The minimum Gasteiger partial charge on any atom is -0.488 e. The van der Waals surface area contributed by atoms with Crippen LogP contribution >= 0.6 is 11.6 Å². The first kappa shape index (κ1) is 27.6. The maximum absolute atomic E-state index is 13.7. The molecule has 2 N–H and O–H groups in total. The van der Waals surface area contributed by atoms with Gasteiger partial charge in [0, 0.05) is 46.4 Å². The van der Waals surface area contributed by atoms with Gasteiger partial charge in [-0.15, -0.1) is 0 Å². The number of aryl methyl sites for hydroxylation is 1. The van der Waals surface area contributed by atoms with Crippen LogP contribution in [0.15, 0.2) is 54.7 Å². The van der Waals surface area contributed by atoms with Gasteiger partial charge in [0.05, 0.1) is 22.4 Å². The molecule has 2 fully saturated rings. The van der Waals surface area contributed by atoms with E-state index in [0.29, 0.717) is 45.6 Å². The summed E-state index contributed by atoms with van der Waals surface area (Å²) in [6.45, 7) is 5.70. The summed E-state index contributed by atoms with van der Waals surface area (Å²) in [6, 6.07) is 13.5. The smallest absolute Gasteiger partial charge is 0.251 e. The number of amides is 1. The van der Waals surface area contributed by atoms with Gasteiger partial charge < -0.3 is 15.2 Å². The van der Waals surface area contributed by atoms with Gasteiger partial charge in [0.25, 0.3) is 5.91 Å². The molecular formula is C33H33ClFN3O3. The second-order valence-electron chi connectivity index (χ2n) is 11.9. The summed E-state index contributed by atoms with van der Waals surface area (Å²) < 4.78 is 19.8. The largest absolute Gasteiger partial charge is 0.488 e. The van der Waals surface area contributed by atoms with Crippen molar-refractivity contribution >= 4 is 28.4 Å².